The molecule has 0 N–H and O–H groups in total. The van der Waals surface area contributed by atoms with E-state index in [-0.39, 0.29) is 5.92 Å². The zero-order chi connectivity index (χ0) is 17.2. The number of rotatable bonds is 4. The highest BCUT2D eigenvalue weighted by molar-refractivity contribution is 5.54. The lowest BCUT2D eigenvalue weighted by Crippen LogP contribution is -2.46. The molecule has 134 valence electrons. The molecule has 0 aliphatic carbocycles. The van der Waals surface area contributed by atoms with Crippen molar-refractivity contribution in [2.24, 2.45) is 0 Å². The highest BCUT2D eigenvalue weighted by Crippen LogP contribution is 2.25. The normalized spacial score (nSPS) is 21.8. The van der Waals surface area contributed by atoms with E-state index in [9.17, 15) is 0 Å². The topological polar surface area (TPSA) is 54.6 Å². The fraction of sp³-hybridized carbons (Fsp3) is 0.579. The maximum atomic E-state index is 5.86. The number of anilines is 1. The molecule has 2 aromatic rings. The first-order valence-electron chi connectivity index (χ1n) is 9.13. The number of benzene rings is 1. The molecule has 2 aliphatic heterocycles. The van der Waals surface area contributed by atoms with E-state index in [0.717, 1.165) is 57.5 Å². The van der Waals surface area contributed by atoms with Crippen molar-refractivity contribution in [2.45, 2.75) is 32.7 Å². The number of hydrogen-bond donors (Lipinski definition) is 0. The van der Waals surface area contributed by atoms with Gasteiger partial charge in [-0.1, -0.05) is 17.7 Å². The molecule has 1 unspecified atom stereocenters. The van der Waals surface area contributed by atoms with Crippen LogP contribution in [0.4, 0.5) is 5.69 Å². The average Bonchev–Trinajstić information content (AvgIpc) is 3.27. The average molecular weight is 342 g/mol. The second-order valence-electron chi connectivity index (χ2n) is 7.15. The van der Waals surface area contributed by atoms with Crippen LogP contribution < -0.4 is 4.90 Å². The van der Waals surface area contributed by atoms with Gasteiger partial charge in [-0.05, 0) is 31.9 Å². The van der Waals surface area contributed by atoms with Crippen molar-refractivity contribution in [3.63, 3.8) is 0 Å². The molecule has 3 heterocycles. The van der Waals surface area contributed by atoms with E-state index in [1.165, 1.54) is 16.8 Å². The monoisotopic (exact) mass is 342 g/mol. The van der Waals surface area contributed by atoms with Crippen LogP contribution in [0.25, 0.3) is 0 Å². The third kappa shape index (κ3) is 3.70. The van der Waals surface area contributed by atoms with Crippen LogP contribution in [0.3, 0.4) is 0 Å². The van der Waals surface area contributed by atoms with E-state index in [0.29, 0.717) is 6.61 Å². The first kappa shape index (κ1) is 16.5. The van der Waals surface area contributed by atoms with Crippen molar-refractivity contribution in [1.29, 1.82) is 0 Å². The molecule has 1 aromatic heterocycles. The number of ether oxygens (including phenoxy) is 1. The molecule has 0 amide bonds. The Bertz CT molecular complexity index is 716. The Morgan fingerprint density at radius 3 is 2.68 bits per heavy atom. The molecule has 6 nitrogen and oxygen atoms in total. The van der Waals surface area contributed by atoms with Crippen LogP contribution in [0.15, 0.2) is 22.6 Å². The highest BCUT2D eigenvalue weighted by Gasteiger charge is 2.25. The summed E-state index contributed by atoms with van der Waals surface area (Å²) in [5.74, 6) is 1.74. The summed E-state index contributed by atoms with van der Waals surface area (Å²) in [5, 5.41) is 8.44. The third-order valence-corrected chi connectivity index (χ3v) is 5.19. The minimum atomic E-state index is 0.280. The summed E-state index contributed by atoms with van der Waals surface area (Å²) in [4.78, 5) is 4.86. The van der Waals surface area contributed by atoms with Gasteiger partial charge < -0.3 is 14.1 Å². The number of aryl methyl sites for hydroxylation is 2. The molecule has 2 fully saturated rings. The van der Waals surface area contributed by atoms with Gasteiger partial charge in [0.2, 0.25) is 11.8 Å². The Morgan fingerprint density at radius 1 is 1.12 bits per heavy atom. The SMILES string of the molecule is Cc1ccc(N2CCN(Cc3nnc(C4CCOC4)o3)CC2)c(C)c1. The van der Waals surface area contributed by atoms with Crippen molar-refractivity contribution >= 4 is 5.69 Å². The quantitative estimate of drug-likeness (QED) is 0.851. The highest BCUT2D eigenvalue weighted by atomic mass is 16.5. The Balaban J connectivity index is 1.33. The smallest absolute Gasteiger partial charge is 0.230 e. The van der Waals surface area contributed by atoms with Crippen LogP contribution >= 0.6 is 0 Å². The molecule has 0 radical (unpaired) electrons. The molecular weight excluding hydrogens is 316 g/mol. The Morgan fingerprint density at radius 2 is 1.96 bits per heavy atom. The fourth-order valence-electron chi connectivity index (χ4n) is 3.72. The van der Waals surface area contributed by atoms with Gasteiger partial charge in [-0.15, -0.1) is 10.2 Å². The summed E-state index contributed by atoms with van der Waals surface area (Å²) in [7, 11) is 0. The van der Waals surface area contributed by atoms with Crippen LogP contribution in [0.2, 0.25) is 0 Å². The first-order valence-corrected chi connectivity index (χ1v) is 9.13. The minimum Gasteiger partial charge on any atom is -0.423 e. The molecule has 4 rings (SSSR count). The van der Waals surface area contributed by atoms with E-state index in [2.05, 4.69) is 52.0 Å². The fourth-order valence-corrected chi connectivity index (χ4v) is 3.72. The van der Waals surface area contributed by atoms with Crippen LogP contribution in [0, 0.1) is 13.8 Å². The largest absolute Gasteiger partial charge is 0.423 e. The molecule has 1 aromatic carbocycles. The summed E-state index contributed by atoms with van der Waals surface area (Å²) in [5.41, 5.74) is 4.03. The Hall–Kier alpha value is -1.92. The van der Waals surface area contributed by atoms with Crippen LogP contribution in [-0.2, 0) is 11.3 Å². The zero-order valence-electron chi connectivity index (χ0n) is 15.1. The lowest BCUT2D eigenvalue weighted by molar-refractivity contribution is 0.189. The van der Waals surface area contributed by atoms with Gasteiger partial charge in [0.1, 0.15) is 0 Å². The third-order valence-electron chi connectivity index (χ3n) is 5.19. The maximum absolute atomic E-state index is 5.86. The Kier molecular flexibility index (Phi) is 4.72. The lowest BCUT2D eigenvalue weighted by Gasteiger charge is -2.36. The van der Waals surface area contributed by atoms with Crippen molar-refractivity contribution in [3.8, 4) is 0 Å². The van der Waals surface area contributed by atoms with Crippen molar-refractivity contribution < 1.29 is 9.15 Å². The second-order valence-corrected chi connectivity index (χ2v) is 7.15. The first-order chi connectivity index (χ1) is 12.2. The van der Waals surface area contributed by atoms with Crippen molar-refractivity contribution in [1.82, 2.24) is 15.1 Å². The van der Waals surface area contributed by atoms with Gasteiger partial charge in [0.15, 0.2) is 0 Å². The van der Waals surface area contributed by atoms with Crippen LogP contribution in [-0.4, -0.2) is 54.5 Å². The standard InChI is InChI=1S/C19H26N4O2/c1-14-3-4-17(15(2)11-14)23-8-6-22(7-9-23)12-18-20-21-19(25-18)16-5-10-24-13-16/h3-4,11,16H,5-10,12-13H2,1-2H3. The molecule has 0 bridgehead atoms. The van der Waals surface area contributed by atoms with E-state index >= 15 is 0 Å². The van der Waals surface area contributed by atoms with Crippen molar-refractivity contribution in [2.75, 3.05) is 44.3 Å². The van der Waals surface area contributed by atoms with Gasteiger partial charge in [-0.2, -0.15) is 0 Å². The molecule has 6 heteroatoms. The summed E-state index contributed by atoms with van der Waals surface area (Å²) < 4.78 is 11.3. The zero-order valence-corrected chi connectivity index (χ0v) is 15.1. The predicted molar refractivity (Wildman–Crippen MR) is 95.9 cm³/mol. The number of piperazine rings is 1. The summed E-state index contributed by atoms with van der Waals surface area (Å²) in [6.45, 7) is 10.7. The van der Waals surface area contributed by atoms with E-state index in [1.807, 2.05) is 0 Å². The second kappa shape index (κ2) is 7.14. The number of nitrogens with zero attached hydrogens (tertiary/aromatic N) is 4. The van der Waals surface area contributed by atoms with Gasteiger partial charge in [0, 0.05) is 38.5 Å². The van der Waals surface area contributed by atoms with E-state index in [1.54, 1.807) is 0 Å². The van der Waals surface area contributed by atoms with Gasteiger partial charge in [0.05, 0.1) is 19.1 Å². The van der Waals surface area contributed by atoms with Crippen LogP contribution in [0.5, 0.6) is 0 Å². The summed E-state index contributed by atoms with van der Waals surface area (Å²) >= 11 is 0. The molecule has 2 saturated heterocycles. The predicted octanol–water partition coefficient (Wildman–Crippen LogP) is 2.51. The van der Waals surface area contributed by atoms with Crippen LogP contribution in [0.1, 0.15) is 35.2 Å². The molecular formula is C19H26N4O2. The molecule has 25 heavy (non-hydrogen) atoms. The summed E-state index contributed by atoms with van der Waals surface area (Å²) in [6.07, 6.45) is 0.982. The lowest BCUT2D eigenvalue weighted by atomic mass is 10.1. The summed E-state index contributed by atoms with van der Waals surface area (Å²) in [6, 6.07) is 6.70. The van der Waals surface area contributed by atoms with Gasteiger partial charge >= 0.3 is 0 Å². The van der Waals surface area contributed by atoms with Gasteiger partial charge in [-0.25, -0.2) is 0 Å². The van der Waals surface area contributed by atoms with E-state index < -0.39 is 0 Å². The van der Waals surface area contributed by atoms with Crippen molar-refractivity contribution in [3.05, 3.63) is 41.1 Å². The van der Waals surface area contributed by atoms with E-state index in [4.69, 9.17) is 9.15 Å². The number of aromatic nitrogens is 2. The van der Waals surface area contributed by atoms with Gasteiger partial charge in [-0.3, -0.25) is 4.90 Å². The molecule has 2 aliphatic rings. The molecule has 0 spiro atoms. The molecule has 0 saturated carbocycles. The number of hydrogen-bond acceptors (Lipinski definition) is 6. The molecule has 1 atom stereocenters. The Labute approximate surface area is 148 Å². The maximum Gasteiger partial charge on any atom is 0.230 e. The minimum absolute atomic E-state index is 0.280. The van der Waals surface area contributed by atoms with Gasteiger partial charge in [0.25, 0.3) is 0 Å².